The number of anilines is 2. The summed E-state index contributed by atoms with van der Waals surface area (Å²) in [4.78, 5) is 30.3. The molecule has 2 aliphatic heterocycles. The van der Waals surface area contributed by atoms with Gasteiger partial charge in [0.2, 0.25) is 0 Å². The van der Waals surface area contributed by atoms with E-state index in [2.05, 4.69) is 45.7 Å². The summed E-state index contributed by atoms with van der Waals surface area (Å²) >= 11 is 0. The van der Waals surface area contributed by atoms with Crippen molar-refractivity contribution in [1.29, 1.82) is 0 Å². The third kappa shape index (κ3) is 5.56. The average Bonchev–Trinajstić information content (AvgIpc) is 2.92. The van der Waals surface area contributed by atoms with Gasteiger partial charge >= 0.3 is 0 Å². The fraction of sp³-hybridized carbons (Fsp3) is 0.286. The highest BCUT2D eigenvalue weighted by Gasteiger charge is 2.24. The monoisotopic (exact) mass is 454 g/mol. The highest BCUT2D eigenvalue weighted by atomic mass is 16.2. The second-order valence-corrected chi connectivity index (χ2v) is 8.54. The molecule has 34 heavy (non-hydrogen) atoms. The van der Waals surface area contributed by atoms with Gasteiger partial charge in [0.15, 0.2) is 0 Å². The van der Waals surface area contributed by atoms with Crippen LogP contribution in [0.1, 0.15) is 35.7 Å². The Morgan fingerprint density at radius 1 is 1.03 bits per heavy atom. The summed E-state index contributed by atoms with van der Waals surface area (Å²) < 4.78 is 0. The fourth-order valence-electron chi connectivity index (χ4n) is 4.33. The standard InChI is InChI=1S/C28H30N4O2/c1-3-8-24-13-11-22(4-2)27(33)30-26-19-23(12-14-25(26)29-24)28(34)32-17-15-31(16-18-32)20-21-9-6-5-7-10-21/h1,4-10,12,14,19,29H,11,13,15-18,20H2,2H3,(H,30,33)/b22-4+,24-8+. The third-order valence-electron chi connectivity index (χ3n) is 6.28. The molecule has 1 fully saturated rings. The van der Waals surface area contributed by atoms with Crippen LogP contribution in [0.4, 0.5) is 11.4 Å². The predicted molar refractivity (Wildman–Crippen MR) is 136 cm³/mol. The number of terminal acetylenes is 1. The first kappa shape index (κ1) is 23.3. The molecule has 0 aromatic heterocycles. The number of nitrogens with one attached hydrogen (secondary N) is 2. The number of hydrogen-bond donors (Lipinski definition) is 2. The number of amides is 2. The van der Waals surface area contributed by atoms with Crippen LogP contribution in [0.3, 0.4) is 0 Å². The van der Waals surface area contributed by atoms with E-state index in [1.165, 1.54) is 5.56 Å². The van der Waals surface area contributed by atoms with Crippen molar-refractivity contribution in [2.45, 2.75) is 26.3 Å². The lowest BCUT2D eigenvalue weighted by molar-refractivity contribution is -0.113. The number of carbonyl (C=O) groups is 2. The van der Waals surface area contributed by atoms with Crippen LogP contribution in [0.2, 0.25) is 0 Å². The third-order valence-corrected chi connectivity index (χ3v) is 6.28. The van der Waals surface area contributed by atoms with Gasteiger partial charge in [0.1, 0.15) is 0 Å². The first-order valence-corrected chi connectivity index (χ1v) is 11.7. The Morgan fingerprint density at radius 3 is 2.50 bits per heavy atom. The Kier molecular flexibility index (Phi) is 7.46. The van der Waals surface area contributed by atoms with Crippen LogP contribution in [0.5, 0.6) is 0 Å². The van der Waals surface area contributed by atoms with Crippen LogP contribution in [0.25, 0.3) is 0 Å². The van der Waals surface area contributed by atoms with Gasteiger partial charge in [-0.2, -0.15) is 0 Å². The molecule has 0 bridgehead atoms. The number of piperazine rings is 1. The van der Waals surface area contributed by atoms with Crippen molar-refractivity contribution in [3.63, 3.8) is 0 Å². The molecule has 174 valence electrons. The van der Waals surface area contributed by atoms with Crippen LogP contribution >= 0.6 is 0 Å². The molecule has 0 spiro atoms. The Hall–Kier alpha value is -3.82. The SMILES string of the molecule is C#C/C=C1\CC/C(=C\C)C(=O)Nc2cc(C(=O)N3CCN(Cc4ccccc4)CC3)ccc2N1. The molecule has 0 atom stereocenters. The first-order valence-electron chi connectivity index (χ1n) is 11.7. The number of fused-ring (bicyclic) bond motifs is 1. The van der Waals surface area contributed by atoms with Crippen LogP contribution < -0.4 is 10.6 Å². The second kappa shape index (κ2) is 10.9. The van der Waals surface area contributed by atoms with E-state index in [1.54, 1.807) is 18.2 Å². The van der Waals surface area contributed by atoms with Gasteiger partial charge in [-0.15, -0.1) is 6.42 Å². The van der Waals surface area contributed by atoms with Gasteiger partial charge in [0.05, 0.1) is 11.4 Å². The highest BCUT2D eigenvalue weighted by Crippen LogP contribution is 2.29. The summed E-state index contributed by atoms with van der Waals surface area (Å²) in [6.07, 6.45) is 10.2. The Morgan fingerprint density at radius 2 is 1.79 bits per heavy atom. The van der Waals surface area contributed by atoms with Crippen molar-refractivity contribution in [1.82, 2.24) is 9.80 Å². The van der Waals surface area contributed by atoms with Crippen molar-refractivity contribution >= 4 is 23.2 Å². The molecule has 0 aliphatic carbocycles. The molecule has 2 heterocycles. The summed E-state index contributed by atoms with van der Waals surface area (Å²) in [6, 6.07) is 15.8. The van der Waals surface area contributed by atoms with E-state index in [-0.39, 0.29) is 11.8 Å². The smallest absolute Gasteiger partial charge is 0.254 e. The average molecular weight is 455 g/mol. The minimum atomic E-state index is -0.161. The Bertz CT molecular complexity index is 1150. The molecule has 0 radical (unpaired) electrons. The number of carbonyl (C=O) groups excluding carboxylic acids is 2. The van der Waals surface area contributed by atoms with Gasteiger partial charge in [-0.3, -0.25) is 14.5 Å². The van der Waals surface area contributed by atoms with Crippen molar-refractivity contribution < 1.29 is 9.59 Å². The number of benzene rings is 2. The van der Waals surface area contributed by atoms with Gasteiger partial charge in [-0.05, 0) is 43.5 Å². The van der Waals surface area contributed by atoms with Crippen molar-refractivity contribution in [2.24, 2.45) is 0 Å². The molecule has 6 heteroatoms. The predicted octanol–water partition coefficient (Wildman–Crippen LogP) is 4.25. The largest absolute Gasteiger partial charge is 0.357 e. The van der Waals surface area contributed by atoms with E-state index in [9.17, 15) is 9.59 Å². The molecule has 4 rings (SSSR count). The zero-order valence-electron chi connectivity index (χ0n) is 19.5. The number of nitrogens with zero attached hydrogens (tertiary/aromatic N) is 2. The number of hydrogen-bond acceptors (Lipinski definition) is 4. The summed E-state index contributed by atoms with van der Waals surface area (Å²) in [5.74, 6) is 2.37. The van der Waals surface area contributed by atoms with Gasteiger partial charge in [-0.25, -0.2) is 0 Å². The van der Waals surface area contributed by atoms with E-state index in [0.29, 0.717) is 42.8 Å². The van der Waals surface area contributed by atoms with E-state index in [4.69, 9.17) is 6.42 Å². The molecule has 6 nitrogen and oxygen atoms in total. The molecular formula is C28H30N4O2. The minimum Gasteiger partial charge on any atom is -0.357 e. The van der Waals surface area contributed by atoms with Crippen molar-refractivity contribution in [2.75, 3.05) is 36.8 Å². The quantitative estimate of drug-likeness (QED) is 0.538. The van der Waals surface area contributed by atoms with Crippen molar-refractivity contribution in [3.8, 4) is 12.3 Å². The van der Waals surface area contributed by atoms with Gasteiger partial charge in [-0.1, -0.05) is 42.3 Å². The van der Waals surface area contributed by atoms with Gasteiger partial charge in [0.25, 0.3) is 11.8 Å². The van der Waals surface area contributed by atoms with Gasteiger partial charge in [0, 0.05) is 55.6 Å². The summed E-state index contributed by atoms with van der Waals surface area (Å²) in [7, 11) is 0. The lowest BCUT2D eigenvalue weighted by Crippen LogP contribution is -2.48. The maximum absolute atomic E-state index is 13.3. The second-order valence-electron chi connectivity index (χ2n) is 8.54. The molecule has 2 aromatic carbocycles. The minimum absolute atomic E-state index is 0.0260. The zero-order valence-corrected chi connectivity index (χ0v) is 19.5. The lowest BCUT2D eigenvalue weighted by atomic mass is 10.1. The van der Waals surface area contributed by atoms with Crippen LogP contribution in [0, 0.1) is 12.3 Å². The molecule has 1 saturated heterocycles. The first-order chi connectivity index (χ1) is 16.6. The van der Waals surface area contributed by atoms with Crippen molar-refractivity contribution in [3.05, 3.63) is 83.1 Å². The van der Waals surface area contributed by atoms with Crippen LogP contribution in [-0.4, -0.2) is 47.8 Å². The molecule has 2 aromatic rings. The van der Waals surface area contributed by atoms with E-state index < -0.39 is 0 Å². The normalized spacial score (nSPS) is 19.3. The van der Waals surface area contributed by atoms with E-state index in [1.807, 2.05) is 30.0 Å². The fourth-order valence-corrected chi connectivity index (χ4v) is 4.33. The lowest BCUT2D eigenvalue weighted by Gasteiger charge is -2.35. The summed E-state index contributed by atoms with van der Waals surface area (Å²) in [6.45, 7) is 5.74. The number of rotatable bonds is 3. The molecule has 2 aliphatic rings. The highest BCUT2D eigenvalue weighted by molar-refractivity contribution is 6.07. The molecule has 2 N–H and O–H groups in total. The maximum atomic E-state index is 13.3. The molecule has 2 amide bonds. The van der Waals surface area contributed by atoms with E-state index in [0.717, 1.165) is 31.0 Å². The topological polar surface area (TPSA) is 64.7 Å². The Labute approximate surface area is 201 Å². The van der Waals surface area contributed by atoms with E-state index >= 15 is 0 Å². The molecular weight excluding hydrogens is 424 g/mol. The van der Waals surface area contributed by atoms with Gasteiger partial charge < -0.3 is 15.5 Å². The maximum Gasteiger partial charge on any atom is 0.254 e. The summed E-state index contributed by atoms with van der Waals surface area (Å²) in [5.41, 5.74) is 4.67. The summed E-state index contributed by atoms with van der Waals surface area (Å²) in [5, 5.41) is 6.30. The number of allylic oxidation sites excluding steroid dienone is 3. The molecule has 0 saturated carbocycles. The molecule has 0 unspecified atom stereocenters. The van der Waals surface area contributed by atoms with Crippen LogP contribution in [-0.2, 0) is 11.3 Å². The van der Waals surface area contributed by atoms with Crippen LogP contribution in [0.15, 0.2) is 72.0 Å². The zero-order chi connectivity index (χ0) is 23.9. The Balaban J connectivity index is 1.48.